The fourth-order valence-electron chi connectivity index (χ4n) is 2.55. The predicted molar refractivity (Wildman–Crippen MR) is 82.6 cm³/mol. The van der Waals surface area contributed by atoms with Gasteiger partial charge in [0.25, 0.3) is 0 Å². The summed E-state index contributed by atoms with van der Waals surface area (Å²) < 4.78 is 5.26. The molecule has 0 saturated carbocycles. The standard InChI is InChI=1S/C16H28N2O/c1-5-14(6-2)18(11-12-19-4)16-10-8-7-9-15(16)13(3)17/h7-10,13-14H,5-6,11-12,17H2,1-4H3/t13-/m0/s1. The molecule has 1 rings (SSSR count). The van der Waals surface area contributed by atoms with Gasteiger partial charge in [0.2, 0.25) is 0 Å². The lowest BCUT2D eigenvalue weighted by Gasteiger charge is -2.34. The van der Waals surface area contributed by atoms with Crippen molar-refractivity contribution in [1.29, 1.82) is 0 Å². The molecule has 1 aromatic carbocycles. The van der Waals surface area contributed by atoms with Crippen molar-refractivity contribution < 1.29 is 4.74 Å². The van der Waals surface area contributed by atoms with Crippen LogP contribution in [0.5, 0.6) is 0 Å². The third-order valence-corrected chi connectivity index (χ3v) is 3.66. The topological polar surface area (TPSA) is 38.5 Å². The van der Waals surface area contributed by atoms with E-state index in [1.165, 1.54) is 11.3 Å². The summed E-state index contributed by atoms with van der Waals surface area (Å²) in [6.45, 7) is 8.17. The highest BCUT2D eigenvalue weighted by Crippen LogP contribution is 2.28. The number of nitrogens with zero attached hydrogens (tertiary/aromatic N) is 1. The van der Waals surface area contributed by atoms with Crippen molar-refractivity contribution in [2.75, 3.05) is 25.2 Å². The summed E-state index contributed by atoms with van der Waals surface area (Å²) in [7, 11) is 1.75. The molecule has 0 aliphatic rings. The van der Waals surface area contributed by atoms with Gasteiger partial charge in [-0.25, -0.2) is 0 Å². The molecule has 0 aromatic heterocycles. The molecule has 0 aliphatic carbocycles. The van der Waals surface area contributed by atoms with Gasteiger partial charge < -0.3 is 15.4 Å². The minimum Gasteiger partial charge on any atom is -0.383 e. The molecule has 2 N–H and O–H groups in total. The maximum absolute atomic E-state index is 6.11. The number of ether oxygens (including phenoxy) is 1. The first-order valence-corrected chi connectivity index (χ1v) is 7.25. The molecule has 0 amide bonds. The molecular weight excluding hydrogens is 236 g/mol. The van der Waals surface area contributed by atoms with E-state index in [1.54, 1.807) is 7.11 Å². The molecule has 3 heteroatoms. The van der Waals surface area contributed by atoms with Crippen molar-refractivity contribution in [3.8, 4) is 0 Å². The van der Waals surface area contributed by atoms with Crippen LogP contribution in [-0.2, 0) is 4.74 Å². The zero-order chi connectivity index (χ0) is 14.3. The third-order valence-electron chi connectivity index (χ3n) is 3.66. The maximum Gasteiger partial charge on any atom is 0.0637 e. The van der Waals surface area contributed by atoms with Crippen LogP contribution in [0, 0.1) is 0 Å². The van der Waals surface area contributed by atoms with Gasteiger partial charge >= 0.3 is 0 Å². The van der Waals surface area contributed by atoms with Crippen molar-refractivity contribution in [3.63, 3.8) is 0 Å². The quantitative estimate of drug-likeness (QED) is 0.782. The van der Waals surface area contributed by atoms with Gasteiger partial charge in [-0.3, -0.25) is 0 Å². The molecule has 0 fully saturated rings. The van der Waals surface area contributed by atoms with Crippen molar-refractivity contribution in [2.24, 2.45) is 5.73 Å². The smallest absolute Gasteiger partial charge is 0.0637 e. The highest BCUT2D eigenvalue weighted by Gasteiger charge is 2.19. The Hall–Kier alpha value is -1.06. The van der Waals surface area contributed by atoms with Crippen LogP contribution in [0.4, 0.5) is 5.69 Å². The van der Waals surface area contributed by atoms with E-state index in [9.17, 15) is 0 Å². The van der Waals surface area contributed by atoms with Crippen LogP contribution in [0.2, 0.25) is 0 Å². The van der Waals surface area contributed by atoms with Gasteiger partial charge in [0.1, 0.15) is 0 Å². The summed E-state index contributed by atoms with van der Waals surface area (Å²) in [6.07, 6.45) is 2.26. The van der Waals surface area contributed by atoms with Crippen LogP contribution >= 0.6 is 0 Å². The van der Waals surface area contributed by atoms with Gasteiger partial charge in [0, 0.05) is 31.4 Å². The second kappa shape index (κ2) is 8.18. The monoisotopic (exact) mass is 264 g/mol. The Morgan fingerprint density at radius 2 is 1.84 bits per heavy atom. The molecule has 0 heterocycles. The molecule has 3 nitrogen and oxygen atoms in total. The molecule has 0 aliphatic heterocycles. The summed E-state index contributed by atoms with van der Waals surface area (Å²) in [5.74, 6) is 0. The van der Waals surface area contributed by atoms with E-state index in [0.717, 1.165) is 26.0 Å². The Labute approximate surface area is 117 Å². The van der Waals surface area contributed by atoms with Gasteiger partial charge in [0.15, 0.2) is 0 Å². The van der Waals surface area contributed by atoms with Crippen LogP contribution in [0.3, 0.4) is 0 Å². The maximum atomic E-state index is 6.11. The fourth-order valence-corrected chi connectivity index (χ4v) is 2.55. The summed E-state index contributed by atoms with van der Waals surface area (Å²) in [4.78, 5) is 2.45. The lowest BCUT2D eigenvalue weighted by molar-refractivity contribution is 0.202. The summed E-state index contributed by atoms with van der Waals surface area (Å²) in [5, 5.41) is 0. The Morgan fingerprint density at radius 1 is 1.21 bits per heavy atom. The van der Waals surface area contributed by atoms with E-state index in [4.69, 9.17) is 10.5 Å². The van der Waals surface area contributed by atoms with Crippen molar-refractivity contribution in [1.82, 2.24) is 0 Å². The number of para-hydroxylation sites is 1. The molecule has 0 spiro atoms. The van der Waals surface area contributed by atoms with Gasteiger partial charge in [0.05, 0.1) is 6.61 Å². The first-order chi connectivity index (χ1) is 9.15. The van der Waals surface area contributed by atoms with Gasteiger partial charge in [-0.2, -0.15) is 0 Å². The number of benzene rings is 1. The van der Waals surface area contributed by atoms with E-state index in [1.807, 2.05) is 6.92 Å². The molecule has 0 radical (unpaired) electrons. The summed E-state index contributed by atoms with van der Waals surface area (Å²) >= 11 is 0. The SMILES string of the molecule is CCC(CC)N(CCOC)c1ccccc1[C@H](C)N. The molecule has 108 valence electrons. The molecule has 0 bridgehead atoms. The Bertz CT molecular complexity index is 362. The Morgan fingerprint density at radius 3 is 2.37 bits per heavy atom. The Kier molecular flexibility index (Phi) is 6.89. The zero-order valence-electron chi connectivity index (χ0n) is 12.7. The second-order valence-electron chi connectivity index (χ2n) is 5.00. The van der Waals surface area contributed by atoms with E-state index >= 15 is 0 Å². The first kappa shape index (κ1) is 16.0. The number of nitrogens with two attached hydrogens (primary N) is 1. The van der Waals surface area contributed by atoms with E-state index in [-0.39, 0.29) is 6.04 Å². The van der Waals surface area contributed by atoms with E-state index in [2.05, 4.69) is 43.0 Å². The van der Waals surface area contributed by atoms with Crippen molar-refractivity contribution in [3.05, 3.63) is 29.8 Å². The minimum absolute atomic E-state index is 0.0515. The number of hydrogen-bond acceptors (Lipinski definition) is 3. The molecule has 0 saturated heterocycles. The third kappa shape index (κ3) is 4.22. The molecule has 1 atom stereocenters. The Balaban J connectivity index is 3.08. The highest BCUT2D eigenvalue weighted by atomic mass is 16.5. The molecule has 1 aromatic rings. The van der Waals surface area contributed by atoms with Gasteiger partial charge in [-0.1, -0.05) is 32.0 Å². The van der Waals surface area contributed by atoms with Crippen LogP contribution in [-0.4, -0.2) is 26.3 Å². The zero-order valence-corrected chi connectivity index (χ0v) is 12.7. The summed E-state index contributed by atoms with van der Waals surface area (Å²) in [6, 6.07) is 9.03. The van der Waals surface area contributed by atoms with Gasteiger partial charge in [-0.05, 0) is 31.4 Å². The second-order valence-corrected chi connectivity index (χ2v) is 5.00. The first-order valence-electron chi connectivity index (χ1n) is 7.25. The predicted octanol–water partition coefficient (Wildman–Crippen LogP) is 3.35. The number of methoxy groups -OCH3 is 1. The van der Waals surface area contributed by atoms with Crippen LogP contribution < -0.4 is 10.6 Å². The molecule has 0 unspecified atom stereocenters. The summed E-state index contributed by atoms with van der Waals surface area (Å²) in [5.41, 5.74) is 8.57. The number of anilines is 1. The average molecular weight is 264 g/mol. The highest BCUT2D eigenvalue weighted by molar-refractivity contribution is 5.55. The van der Waals surface area contributed by atoms with Crippen LogP contribution in [0.15, 0.2) is 24.3 Å². The number of rotatable bonds is 8. The lowest BCUT2D eigenvalue weighted by atomic mass is 10.0. The van der Waals surface area contributed by atoms with Crippen LogP contribution in [0.25, 0.3) is 0 Å². The largest absolute Gasteiger partial charge is 0.383 e. The lowest BCUT2D eigenvalue weighted by Crippen LogP contribution is -2.38. The van der Waals surface area contributed by atoms with E-state index < -0.39 is 0 Å². The molecule has 19 heavy (non-hydrogen) atoms. The fraction of sp³-hybridized carbons (Fsp3) is 0.625. The molecular formula is C16H28N2O. The van der Waals surface area contributed by atoms with Crippen LogP contribution in [0.1, 0.15) is 45.2 Å². The average Bonchev–Trinajstić information content (AvgIpc) is 2.43. The van der Waals surface area contributed by atoms with E-state index in [0.29, 0.717) is 6.04 Å². The van der Waals surface area contributed by atoms with Crippen molar-refractivity contribution in [2.45, 2.75) is 45.7 Å². The number of hydrogen-bond donors (Lipinski definition) is 1. The normalized spacial score (nSPS) is 12.7. The van der Waals surface area contributed by atoms with Gasteiger partial charge in [-0.15, -0.1) is 0 Å². The van der Waals surface area contributed by atoms with Crippen molar-refractivity contribution >= 4 is 5.69 Å². The minimum atomic E-state index is 0.0515.